The second-order valence-corrected chi connectivity index (χ2v) is 5.78. The van der Waals surface area contributed by atoms with E-state index in [4.69, 9.17) is 4.74 Å². The number of fused-ring (bicyclic) bond motifs is 1. The SMILES string of the molecule is COc1ccc(C(=O)NCCc2ccc3c(c2)nc(C)n3C)cc1. The molecule has 0 radical (unpaired) electrons. The van der Waals surface area contributed by atoms with Crippen LogP contribution in [0.2, 0.25) is 0 Å². The minimum Gasteiger partial charge on any atom is -0.497 e. The van der Waals surface area contributed by atoms with Gasteiger partial charge in [0.25, 0.3) is 5.91 Å². The molecule has 0 bridgehead atoms. The highest BCUT2D eigenvalue weighted by Crippen LogP contribution is 2.16. The Bertz CT molecular complexity index is 866. The first-order valence-electron chi connectivity index (χ1n) is 7.92. The predicted octanol–water partition coefficient (Wildman–Crippen LogP) is 2.86. The zero-order chi connectivity index (χ0) is 17.1. The highest BCUT2D eigenvalue weighted by atomic mass is 16.5. The number of hydrogen-bond acceptors (Lipinski definition) is 3. The summed E-state index contributed by atoms with van der Waals surface area (Å²) in [7, 11) is 3.62. The van der Waals surface area contributed by atoms with E-state index in [9.17, 15) is 4.79 Å². The molecule has 0 aliphatic rings. The number of ether oxygens (including phenoxy) is 1. The van der Waals surface area contributed by atoms with Gasteiger partial charge in [0.05, 0.1) is 18.1 Å². The lowest BCUT2D eigenvalue weighted by Crippen LogP contribution is -2.25. The van der Waals surface area contributed by atoms with Gasteiger partial charge in [-0.2, -0.15) is 0 Å². The minimum absolute atomic E-state index is 0.0765. The number of nitrogens with one attached hydrogen (secondary N) is 1. The molecule has 0 atom stereocenters. The number of amides is 1. The van der Waals surface area contributed by atoms with E-state index in [-0.39, 0.29) is 5.91 Å². The van der Waals surface area contributed by atoms with Gasteiger partial charge in [0.1, 0.15) is 11.6 Å². The molecule has 2 aromatic carbocycles. The Hall–Kier alpha value is -2.82. The average molecular weight is 323 g/mol. The minimum atomic E-state index is -0.0765. The summed E-state index contributed by atoms with van der Waals surface area (Å²) in [6, 6.07) is 13.3. The molecule has 0 spiro atoms. The Morgan fingerprint density at radius 3 is 2.67 bits per heavy atom. The van der Waals surface area contributed by atoms with Gasteiger partial charge in [-0.25, -0.2) is 4.98 Å². The van der Waals surface area contributed by atoms with E-state index in [2.05, 4.69) is 33.1 Å². The Balaban J connectivity index is 1.60. The van der Waals surface area contributed by atoms with Crippen molar-refractivity contribution in [3.8, 4) is 5.75 Å². The molecule has 5 heteroatoms. The first-order valence-corrected chi connectivity index (χ1v) is 7.92. The van der Waals surface area contributed by atoms with Crippen molar-refractivity contribution in [1.29, 1.82) is 0 Å². The molecule has 0 unspecified atom stereocenters. The fourth-order valence-electron chi connectivity index (χ4n) is 2.69. The molecule has 5 nitrogen and oxygen atoms in total. The summed E-state index contributed by atoms with van der Waals surface area (Å²) in [5.41, 5.74) is 3.91. The van der Waals surface area contributed by atoms with Gasteiger partial charge in [-0.1, -0.05) is 6.07 Å². The number of aromatic nitrogens is 2. The van der Waals surface area contributed by atoms with Gasteiger partial charge in [0.15, 0.2) is 0 Å². The summed E-state index contributed by atoms with van der Waals surface area (Å²) in [6.45, 7) is 2.58. The van der Waals surface area contributed by atoms with Crippen molar-refractivity contribution in [2.75, 3.05) is 13.7 Å². The van der Waals surface area contributed by atoms with Crippen LogP contribution in [0.25, 0.3) is 11.0 Å². The van der Waals surface area contributed by atoms with Crippen LogP contribution in [0.15, 0.2) is 42.5 Å². The van der Waals surface area contributed by atoms with Gasteiger partial charge >= 0.3 is 0 Å². The molecule has 3 aromatic rings. The maximum atomic E-state index is 12.1. The van der Waals surface area contributed by atoms with Gasteiger partial charge in [-0.05, 0) is 55.3 Å². The van der Waals surface area contributed by atoms with E-state index in [0.717, 1.165) is 34.6 Å². The molecule has 0 saturated carbocycles. The Kier molecular flexibility index (Phi) is 4.51. The van der Waals surface area contributed by atoms with Crippen molar-refractivity contribution in [2.45, 2.75) is 13.3 Å². The molecule has 1 N–H and O–H groups in total. The van der Waals surface area contributed by atoms with E-state index in [1.54, 1.807) is 31.4 Å². The molecule has 1 heterocycles. The molecule has 0 fully saturated rings. The summed E-state index contributed by atoms with van der Waals surface area (Å²) in [5.74, 6) is 1.66. The number of nitrogens with zero attached hydrogens (tertiary/aromatic N) is 2. The van der Waals surface area contributed by atoms with Crippen LogP contribution in [0.5, 0.6) is 5.75 Å². The van der Waals surface area contributed by atoms with E-state index >= 15 is 0 Å². The van der Waals surface area contributed by atoms with E-state index < -0.39 is 0 Å². The normalized spacial score (nSPS) is 10.8. The Morgan fingerprint density at radius 1 is 1.21 bits per heavy atom. The second-order valence-electron chi connectivity index (χ2n) is 5.78. The number of carbonyl (C=O) groups is 1. The van der Waals surface area contributed by atoms with Crippen molar-refractivity contribution in [3.63, 3.8) is 0 Å². The highest BCUT2D eigenvalue weighted by Gasteiger charge is 2.07. The maximum absolute atomic E-state index is 12.1. The Labute approximate surface area is 141 Å². The topological polar surface area (TPSA) is 56.1 Å². The van der Waals surface area contributed by atoms with Crippen LogP contribution in [-0.2, 0) is 13.5 Å². The predicted molar refractivity (Wildman–Crippen MR) is 94.5 cm³/mol. The fourth-order valence-corrected chi connectivity index (χ4v) is 2.69. The summed E-state index contributed by atoms with van der Waals surface area (Å²) in [5, 5.41) is 2.94. The third-order valence-corrected chi connectivity index (χ3v) is 4.22. The lowest BCUT2D eigenvalue weighted by atomic mass is 10.1. The van der Waals surface area contributed by atoms with Crippen LogP contribution in [0.3, 0.4) is 0 Å². The molecule has 1 aromatic heterocycles. The van der Waals surface area contributed by atoms with Crippen LogP contribution in [0.1, 0.15) is 21.7 Å². The molecule has 1 amide bonds. The molecular weight excluding hydrogens is 302 g/mol. The van der Waals surface area contributed by atoms with Gasteiger partial charge in [0.2, 0.25) is 0 Å². The number of hydrogen-bond donors (Lipinski definition) is 1. The van der Waals surface area contributed by atoms with Crippen molar-refractivity contribution in [3.05, 3.63) is 59.4 Å². The molecule has 0 aliphatic carbocycles. The molecule has 0 saturated heterocycles. The van der Waals surface area contributed by atoms with Crippen LogP contribution < -0.4 is 10.1 Å². The van der Waals surface area contributed by atoms with Crippen LogP contribution in [0.4, 0.5) is 0 Å². The quantitative estimate of drug-likeness (QED) is 0.785. The van der Waals surface area contributed by atoms with Gasteiger partial charge in [-0.15, -0.1) is 0 Å². The molecule has 124 valence electrons. The zero-order valence-electron chi connectivity index (χ0n) is 14.2. The molecular formula is C19H21N3O2. The lowest BCUT2D eigenvalue weighted by Gasteiger charge is -2.06. The Morgan fingerprint density at radius 2 is 1.96 bits per heavy atom. The summed E-state index contributed by atoms with van der Waals surface area (Å²) in [6.07, 6.45) is 0.771. The van der Waals surface area contributed by atoms with Crippen LogP contribution >= 0.6 is 0 Å². The summed E-state index contributed by atoms with van der Waals surface area (Å²) < 4.78 is 7.17. The number of aryl methyl sites for hydroxylation is 2. The van der Waals surface area contributed by atoms with Crippen molar-refractivity contribution in [1.82, 2.24) is 14.9 Å². The summed E-state index contributed by atoms with van der Waals surface area (Å²) in [4.78, 5) is 16.7. The first kappa shape index (κ1) is 16.1. The second kappa shape index (κ2) is 6.74. The third kappa shape index (κ3) is 3.25. The number of benzene rings is 2. The van der Waals surface area contributed by atoms with E-state index in [1.165, 1.54) is 0 Å². The van der Waals surface area contributed by atoms with E-state index in [0.29, 0.717) is 12.1 Å². The number of methoxy groups -OCH3 is 1. The van der Waals surface area contributed by atoms with Crippen molar-refractivity contribution in [2.24, 2.45) is 7.05 Å². The van der Waals surface area contributed by atoms with Crippen molar-refractivity contribution < 1.29 is 9.53 Å². The monoisotopic (exact) mass is 323 g/mol. The largest absolute Gasteiger partial charge is 0.497 e. The average Bonchev–Trinajstić information content (AvgIpc) is 2.88. The number of imidazole rings is 1. The molecule has 0 aliphatic heterocycles. The zero-order valence-corrected chi connectivity index (χ0v) is 14.2. The fraction of sp³-hybridized carbons (Fsp3) is 0.263. The van der Waals surface area contributed by atoms with Crippen LogP contribution in [-0.4, -0.2) is 29.1 Å². The number of carbonyl (C=O) groups excluding carboxylic acids is 1. The molecule has 3 rings (SSSR count). The summed E-state index contributed by atoms with van der Waals surface area (Å²) >= 11 is 0. The number of rotatable bonds is 5. The van der Waals surface area contributed by atoms with E-state index in [1.807, 2.05) is 14.0 Å². The van der Waals surface area contributed by atoms with Gasteiger partial charge < -0.3 is 14.6 Å². The third-order valence-electron chi connectivity index (χ3n) is 4.22. The lowest BCUT2D eigenvalue weighted by molar-refractivity contribution is 0.0954. The maximum Gasteiger partial charge on any atom is 0.251 e. The van der Waals surface area contributed by atoms with Gasteiger partial charge in [0, 0.05) is 19.2 Å². The molecule has 24 heavy (non-hydrogen) atoms. The van der Waals surface area contributed by atoms with Crippen LogP contribution in [0, 0.1) is 6.92 Å². The standard InChI is InChI=1S/C19H21N3O2/c1-13-21-17-12-14(4-9-18(17)22(13)2)10-11-20-19(23)15-5-7-16(24-3)8-6-15/h4-9,12H,10-11H2,1-3H3,(H,20,23). The first-order chi connectivity index (χ1) is 11.6. The van der Waals surface area contributed by atoms with Gasteiger partial charge in [-0.3, -0.25) is 4.79 Å². The smallest absolute Gasteiger partial charge is 0.251 e. The van der Waals surface area contributed by atoms with Crippen molar-refractivity contribution >= 4 is 16.9 Å². The highest BCUT2D eigenvalue weighted by molar-refractivity contribution is 5.94.